The molecule has 1 aliphatic rings. The van der Waals surface area contributed by atoms with Crippen molar-refractivity contribution in [2.45, 2.75) is 12.8 Å². The first-order valence-corrected chi connectivity index (χ1v) is 5.40. The maximum Gasteiger partial charge on any atom is 0.321 e. The molecule has 3 nitrogen and oxygen atoms in total. The monoisotopic (exact) mass is 168 g/mol. The zero-order valence-electron chi connectivity index (χ0n) is 4.86. The van der Waals surface area contributed by atoms with E-state index in [1.165, 1.54) is 0 Å². The lowest BCUT2D eigenvalue weighted by atomic mass is 10.5. The van der Waals surface area contributed by atoms with Crippen LogP contribution in [0.3, 0.4) is 0 Å². The molecule has 1 fully saturated rings. The summed E-state index contributed by atoms with van der Waals surface area (Å²) in [5, 5.41) is 0. The molecular formula is C4H9O3PS. The first-order chi connectivity index (χ1) is 4.08. The number of rotatable bonds is 3. The Labute approximate surface area is 58.9 Å². The van der Waals surface area contributed by atoms with Crippen molar-refractivity contribution < 1.29 is 14.3 Å². The van der Waals surface area contributed by atoms with Gasteiger partial charge in [-0.15, -0.1) is 0 Å². The van der Waals surface area contributed by atoms with Crippen LogP contribution in [0.25, 0.3) is 0 Å². The molecule has 0 aliphatic heterocycles. The summed E-state index contributed by atoms with van der Waals surface area (Å²) >= 11 is 4.23. The van der Waals surface area contributed by atoms with Gasteiger partial charge in [-0.1, -0.05) is 0 Å². The van der Waals surface area contributed by atoms with Crippen LogP contribution in [-0.4, -0.2) is 16.4 Å². The molecule has 54 valence electrons. The van der Waals surface area contributed by atoms with Gasteiger partial charge in [0.2, 0.25) is 0 Å². The van der Waals surface area contributed by atoms with Gasteiger partial charge in [-0.25, -0.2) is 0 Å². The van der Waals surface area contributed by atoms with E-state index in [1.54, 1.807) is 0 Å². The van der Waals surface area contributed by atoms with E-state index in [2.05, 4.69) is 16.3 Å². The zero-order chi connectivity index (χ0) is 6.91. The molecular weight excluding hydrogens is 159 g/mol. The molecule has 0 unspecified atom stereocenters. The Morgan fingerprint density at radius 2 is 2.11 bits per heavy atom. The van der Waals surface area contributed by atoms with Crippen LogP contribution in [0.5, 0.6) is 0 Å². The van der Waals surface area contributed by atoms with E-state index in [0.29, 0.717) is 12.5 Å². The lowest BCUT2D eigenvalue weighted by Gasteiger charge is -2.05. The molecule has 0 aromatic carbocycles. The Hall–Kier alpha value is 0.530. The van der Waals surface area contributed by atoms with Gasteiger partial charge in [-0.2, -0.15) is 0 Å². The summed E-state index contributed by atoms with van der Waals surface area (Å²) in [6, 6.07) is 0. The molecule has 1 rings (SSSR count). The standard InChI is InChI=1S/C4H9O3PS/c5-8(6,9)7-3-4-1-2-4/h4H,1-3H2,(H2,5,6,9). The van der Waals surface area contributed by atoms with E-state index < -0.39 is 6.72 Å². The van der Waals surface area contributed by atoms with Gasteiger partial charge in [-0.3, -0.25) is 0 Å². The highest BCUT2D eigenvalue weighted by Gasteiger charge is 2.23. The minimum absolute atomic E-state index is 0.421. The Morgan fingerprint density at radius 3 is 2.44 bits per heavy atom. The maximum atomic E-state index is 8.55. The quantitative estimate of drug-likeness (QED) is 0.606. The molecule has 2 N–H and O–H groups in total. The molecule has 0 atom stereocenters. The minimum atomic E-state index is -3.35. The van der Waals surface area contributed by atoms with Crippen LogP contribution < -0.4 is 0 Å². The van der Waals surface area contributed by atoms with Crippen molar-refractivity contribution in [3.05, 3.63) is 0 Å². The van der Waals surface area contributed by atoms with Crippen molar-refractivity contribution in [2.24, 2.45) is 5.92 Å². The Kier molecular flexibility index (Phi) is 2.24. The lowest BCUT2D eigenvalue weighted by molar-refractivity contribution is 0.241. The lowest BCUT2D eigenvalue weighted by Crippen LogP contribution is -1.92. The molecule has 1 saturated carbocycles. The van der Waals surface area contributed by atoms with Gasteiger partial charge in [0.05, 0.1) is 6.61 Å². The smallest absolute Gasteiger partial charge is 0.321 e. The Bertz CT molecular complexity index is 139. The molecule has 0 aromatic rings. The fraction of sp³-hybridized carbons (Fsp3) is 1.00. The van der Waals surface area contributed by atoms with Gasteiger partial charge in [0.25, 0.3) is 0 Å². The average Bonchev–Trinajstić information content (AvgIpc) is 2.38. The summed E-state index contributed by atoms with van der Waals surface area (Å²) in [5.41, 5.74) is 0. The number of hydrogen-bond donors (Lipinski definition) is 2. The van der Waals surface area contributed by atoms with E-state index in [0.717, 1.165) is 12.8 Å². The SMILES string of the molecule is OP(O)(=S)OCC1CC1. The van der Waals surface area contributed by atoms with Crippen molar-refractivity contribution in [2.75, 3.05) is 6.61 Å². The Balaban J connectivity index is 2.10. The van der Waals surface area contributed by atoms with Crippen molar-refractivity contribution >= 4 is 18.5 Å². The Morgan fingerprint density at radius 1 is 1.56 bits per heavy atom. The van der Waals surface area contributed by atoms with Crippen molar-refractivity contribution in [1.29, 1.82) is 0 Å². The molecule has 1 aliphatic carbocycles. The maximum absolute atomic E-state index is 8.55. The van der Waals surface area contributed by atoms with Gasteiger partial charge in [-0.05, 0) is 30.6 Å². The van der Waals surface area contributed by atoms with Crippen molar-refractivity contribution in [3.63, 3.8) is 0 Å². The van der Waals surface area contributed by atoms with Crippen LogP contribution in [0.4, 0.5) is 0 Å². The molecule has 9 heavy (non-hydrogen) atoms. The zero-order valence-corrected chi connectivity index (χ0v) is 6.57. The minimum Gasteiger partial charge on any atom is -0.325 e. The van der Waals surface area contributed by atoms with E-state index >= 15 is 0 Å². The topological polar surface area (TPSA) is 49.7 Å². The van der Waals surface area contributed by atoms with E-state index in [1.807, 2.05) is 0 Å². The van der Waals surface area contributed by atoms with Gasteiger partial charge in [0, 0.05) is 0 Å². The molecule has 5 heteroatoms. The van der Waals surface area contributed by atoms with Crippen LogP contribution >= 0.6 is 6.72 Å². The van der Waals surface area contributed by atoms with Gasteiger partial charge < -0.3 is 14.3 Å². The predicted molar refractivity (Wildman–Crippen MR) is 37.4 cm³/mol. The van der Waals surface area contributed by atoms with Gasteiger partial charge >= 0.3 is 6.72 Å². The van der Waals surface area contributed by atoms with E-state index in [9.17, 15) is 0 Å². The summed E-state index contributed by atoms with van der Waals surface area (Å²) in [6.45, 7) is -2.93. The fourth-order valence-corrected chi connectivity index (χ4v) is 1.07. The first kappa shape index (κ1) is 7.63. The third-order valence-electron chi connectivity index (χ3n) is 1.18. The largest absolute Gasteiger partial charge is 0.325 e. The first-order valence-electron chi connectivity index (χ1n) is 2.78. The van der Waals surface area contributed by atoms with Gasteiger partial charge in [0.15, 0.2) is 0 Å². The summed E-state index contributed by atoms with van der Waals surface area (Å²) in [6.07, 6.45) is 2.27. The van der Waals surface area contributed by atoms with Gasteiger partial charge in [0.1, 0.15) is 0 Å². The third kappa shape index (κ3) is 4.00. The highest BCUT2D eigenvalue weighted by molar-refractivity contribution is 8.06. The van der Waals surface area contributed by atoms with E-state index in [-0.39, 0.29) is 0 Å². The molecule has 0 aromatic heterocycles. The predicted octanol–water partition coefficient (Wildman–Crippen LogP) is 0.622. The van der Waals surface area contributed by atoms with Crippen molar-refractivity contribution in [3.8, 4) is 0 Å². The second kappa shape index (κ2) is 2.64. The molecule has 0 amide bonds. The average molecular weight is 168 g/mol. The molecule has 0 spiro atoms. The van der Waals surface area contributed by atoms with Crippen LogP contribution in [0.1, 0.15) is 12.8 Å². The molecule has 0 bridgehead atoms. The fourth-order valence-electron chi connectivity index (χ4n) is 0.487. The van der Waals surface area contributed by atoms with E-state index in [4.69, 9.17) is 9.79 Å². The second-order valence-electron chi connectivity index (χ2n) is 2.23. The highest BCUT2D eigenvalue weighted by atomic mass is 32.5. The third-order valence-corrected chi connectivity index (χ3v) is 1.98. The summed E-state index contributed by atoms with van der Waals surface area (Å²) in [7, 11) is 0. The summed E-state index contributed by atoms with van der Waals surface area (Å²) < 4.78 is 4.59. The van der Waals surface area contributed by atoms with Crippen LogP contribution in [0.2, 0.25) is 0 Å². The van der Waals surface area contributed by atoms with Crippen LogP contribution in [0, 0.1) is 5.92 Å². The summed E-state index contributed by atoms with van der Waals surface area (Å²) in [5.74, 6) is 0.534. The normalized spacial score (nSPS) is 20.2. The highest BCUT2D eigenvalue weighted by Crippen LogP contribution is 2.40. The second-order valence-corrected chi connectivity index (χ2v) is 4.90. The molecule has 0 heterocycles. The molecule has 0 saturated heterocycles. The van der Waals surface area contributed by atoms with Crippen LogP contribution in [0.15, 0.2) is 0 Å². The molecule has 0 radical (unpaired) electrons. The number of hydrogen-bond acceptors (Lipinski definition) is 2. The summed E-state index contributed by atoms with van der Waals surface area (Å²) in [4.78, 5) is 17.1. The van der Waals surface area contributed by atoms with Crippen molar-refractivity contribution in [1.82, 2.24) is 0 Å². The van der Waals surface area contributed by atoms with Crippen LogP contribution in [-0.2, 0) is 16.3 Å².